The summed E-state index contributed by atoms with van der Waals surface area (Å²) in [7, 11) is 0. The van der Waals surface area contributed by atoms with Crippen molar-refractivity contribution in [3.8, 4) is 0 Å². The lowest BCUT2D eigenvalue weighted by atomic mass is 10.0. The number of aryl methyl sites for hydroxylation is 1. The van der Waals surface area contributed by atoms with Gasteiger partial charge in [0, 0.05) is 0 Å². The van der Waals surface area contributed by atoms with Gasteiger partial charge in [0.25, 0.3) is 0 Å². The molecule has 34 heavy (non-hydrogen) atoms. The molecule has 0 nitrogen and oxygen atoms in total. The van der Waals surface area contributed by atoms with Gasteiger partial charge in [0.2, 0.25) is 0 Å². The van der Waals surface area contributed by atoms with Crippen molar-refractivity contribution >= 4 is 0 Å². The van der Waals surface area contributed by atoms with Crippen LogP contribution < -0.4 is 0 Å². The monoisotopic (exact) mass is 466 g/mol. The molecule has 3 aromatic carbocycles. The van der Waals surface area contributed by atoms with Crippen LogP contribution in [0.4, 0.5) is 4.39 Å². The van der Waals surface area contributed by atoms with E-state index in [1.807, 2.05) is 30.3 Å². The topological polar surface area (TPSA) is 0 Å². The van der Waals surface area contributed by atoms with Crippen LogP contribution in [-0.4, -0.2) is 0 Å². The molecule has 0 N–H and O–H groups in total. The zero-order valence-electron chi connectivity index (χ0n) is 21.4. The Bertz CT molecular complexity index is 814. The molecule has 1 heteroatoms. The second kappa shape index (κ2) is 18.0. The van der Waals surface area contributed by atoms with E-state index < -0.39 is 6.17 Å². The molecule has 0 saturated heterocycles. The second-order valence-corrected chi connectivity index (χ2v) is 9.25. The molecular weight excluding hydrogens is 415 g/mol. The molecule has 1 atom stereocenters. The summed E-state index contributed by atoms with van der Waals surface area (Å²) in [4.78, 5) is 0. The molecule has 0 radical (unpaired) electrons. The van der Waals surface area contributed by atoms with Gasteiger partial charge in [-0.1, -0.05) is 142 Å². The molecule has 3 rings (SSSR count). The Morgan fingerprint density at radius 2 is 0.824 bits per heavy atom. The number of alkyl halides is 1. The van der Waals surface area contributed by atoms with E-state index in [2.05, 4.69) is 97.0 Å². The maximum atomic E-state index is 12.8. The summed E-state index contributed by atoms with van der Waals surface area (Å²) in [6.45, 7) is 16.9. The summed E-state index contributed by atoms with van der Waals surface area (Å²) < 4.78 is 12.8. The van der Waals surface area contributed by atoms with Crippen molar-refractivity contribution in [3.63, 3.8) is 0 Å². The van der Waals surface area contributed by atoms with Crippen molar-refractivity contribution in [1.29, 1.82) is 0 Å². The molecule has 0 spiro atoms. The smallest absolute Gasteiger partial charge is 0.122 e. The third-order valence-electron chi connectivity index (χ3n) is 5.58. The Balaban J connectivity index is 0. The molecule has 0 saturated carbocycles. The first-order valence-corrected chi connectivity index (χ1v) is 12.0. The number of hydrogen-bond donors (Lipinski definition) is 0. The fraction of sp³-hybridized carbons (Fsp3) is 0.455. The lowest BCUT2D eigenvalue weighted by Gasteiger charge is -2.06. The normalized spacial score (nSPS) is 10.8. The number of hydrogen-bond acceptors (Lipinski definition) is 0. The number of benzene rings is 3. The molecule has 1 unspecified atom stereocenters. The highest BCUT2D eigenvalue weighted by Gasteiger charge is 2.03. The van der Waals surface area contributed by atoms with E-state index in [1.165, 1.54) is 22.3 Å². The van der Waals surface area contributed by atoms with Crippen LogP contribution in [0.1, 0.15) is 122 Å². The standard InChI is InChI=1S/C11H15F.C11H16.C9H12.2CH4/c1-8(2)10-4-6-11(7-5-10)9(3)12;1-4-10-5-7-11(8-6-10)9(2)3;1-8(2)9-6-4-3-5-7-9;;/h4-9H,1-3H3;5-9H,4H2,1-3H3;3-8H,1-2H3;2*1H4. The SMILES string of the molecule is C.C.CC(C)c1ccc(C(C)F)cc1.CC(C)c1ccccc1.CCc1ccc(C(C)C)cc1. The van der Waals surface area contributed by atoms with Crippen LogP contribution in [0.25, 0.3) is 0 Å². The van der Waals surface area contributed by atoms with Gasteiger partial charge in [-0.15, -0.1) is 0 Å². The summed E-state index contributed by atoms with van der Waals surface area (Å²) in [5.74, 6) is 1.83. The maximum absolute atomic E-state index is 12.8. The summed E-state index contributed by atoms with van der Waals surface area (Å²) in [5, 5.41) is 0. The average molecular weight is 467 g/mol. The highest BCUT2D eigenvalue weighted by Crippen LogP contribution is 2.20. The Kier molecular flexibility index (Phi) is 17.9. The van der Waals surface area contributed by atoms with Crippen LogP contribution in [-0.2, 0) is 6.42 Å². The van der Waals surface area contributed by atoms with E-state index >= 15 is 0 Å². The fourth-order valence-electron chi connectivity index (χ4n) is 3.12. The van der Waals surface area contributed by atoms with Crippen LogP contribution in [0.5, 0.6) is 0 Å². The van der Waals surface area contributed by atoms with Crippen LogP contribution in [0.15, 0.2) is 78.9 Å². The minimum atomic E-state index is -0.855. The van der Waals surface area contributed by atoms with Gasteiger partial charge in [-0.05, 0) is 58.9 Å². The molecule has 0 aliphatic heterocycles. The zero-order chi connectivity index (χ0) is 24.1. The fourth-order valence-corrected chi connectivity index (χ4v) is 3.12. The summed E-state index contributed by atoms with van der Waals surface area (Å²) >= 11 is 0. The molecule has 3 aromatic rings. The van der Waals surface area contributed by atoms with Gasteiger partial charge < -0.3 is 0 Å². The molecule has 0 aromatic heterocycles. The molecule has 0 fully saturated rings. The lowest BCUT2D eigenvalue weighted by molar-refractivity contribution is 0.374. The Hall–Kier alpha value is -2.41. The van der Waals surface area contributed by atoms with Crippen molar-refractivity contribution in [1.82, 2.24) is 0 Å². The molecule has 0 amide bonds. The van der Waals surface area contributed by atoms with Crippen molar-refractivity contribution in [2.75, 3.05) is 0 Å². The third kappa shape index (κ3) is 12.7. The van der Waals surface area contributed by atoms with Crippen LogP contribution >= 0.6 is 0 Å². The van der Waals surface area contributed by atoms with E-state index in [4.69, 9.17) is 0 Å². The summed E-state index contributed by atoms with van der Waals surface area (Å²) in [6.07, 6.45) is 0.282. The molecule has 0 aliphatic rings. The summed E-state index contributed by atoms with van der Waals surface area (Å²) in [6, 6.07) is 27.1. The number of halogens is 1. The summed E-state index contributed by atoms with van der Waals surface area (Å²) in [5.41, 5.74) is 6.30. The Labute approximate surface area is 211 Å². The van der Waals surface area contributed by atoms with E-state index in [1.54, 1.807) is 6.92 Å². The Morgan fingerprint density at radius 3 is 1.12 bits per heavy atom. The predicted molar refractivity (Wildman–Crippen MR) is 154 cm³/mol. The number of rotatable bonds is 5. The van der Waals surface area contributed by atoms with Crippen molar-refractivity contribution in [2.24, 2.45) is 0 Å². The van der Waals surface area contributed by atoms with E-state index in [9.17, 15) is 4.39 Å². The first-order valence-electron chi connectivity index (χ1n) is 12.0. The van der Waals surface area contributed by atoms with E-state index in [-0.39, 0.29) is 14.9 Å². The van der Waals surface area contributed by atoms with Crippen LogP contribution in [0, 0.1) is 0 Å². The van der Waals surface area contributed by atoms with E-state index in [0.717, 1.165) is 12.0 Å². The second-order valence-electron chi connectivity index (χ2n) is 9.25. The van der Waals surface area contributed by atoms with Gasteiger partial charge in [-0.3, -0.25) is 0 Å². The van der Waals surface area contributed by atoms with Crippen molar-refractivity contribution in [3.05, 3.63) is 107 Å². The minimum Gasteiger partial charge on any atom is -0.243 e. The lowest BCUT2D eigenvalue weighted by Crippen LogP contribution is -1.89. The van der Waals surface area contributed by atoms with Crippen molar-refractivity contribution in [2.45, 2.75) is 101 Å². The largest absolute Gasteiger partial charge is 0.243 e. The van der Waals surface area contributed by atoms with Crippen LogP contribution in [0.3, 0.4) is 0 Å². The maximum Gasteiger partial charge on any atom is 0.122 e. The van der Waals surface area contributed by atoms with Gasteiger partial charge in [0.1, 0.15) is 6.17 Å². The Morgan fingerprint density at radius 1 is 0.500 bits per heavy atom. The molecule has 0 aliphatic carbocycles. The molecule has 0 bridgehead atoms. The van der Waals surface area contributed by atoms with Gasteiger partial charge in [0.15, 0.2) is 0 Å². The highest BCUT2D eigenvalue weighted by molar-refractivity contribution is 5.26. The van der Waals surface area contributed by atoms with Gasteiger partial charge in [-0.25, -0.2) is 4.39 Å². The van der Waals surface area contributed by atoms with Gasteiger partial charge >= 0.3 is 0 Å². The van der Waals surface area contributed by atoms with Crippen molar-refractivity contribution < 1.29 is 4.39 Å². The third-order valence-corrected chi connectivity index (χ3v) is 5.58. The first-order chi connectivity index (χ1) is 15.1. The molecule has 0 heterocycles. The zero-order valence-corrected chi connectivity index (χ0v) is 21.4. The van der Waals surface area contributed by atoms with Crippen LogP contribution in [0.2, 0.25) is 0 Å². The molecular formula is C33H51F. The minimum absolute atomic E-state index is 0. The quantitative estimate of drug-likeness (QED) is 0.350. The predicted octanol–water partition coefficient (Wildman–Crippen LogP) is 11.3. The first kappa shape index (κ1) is 33.8. The van der Waals surface area contributed by atoms with E-state index in [0.29, 0.717) is 17.8 Å². The van der Waals surface area contributed by atoms with Gasteiger partial charge in [-0.2, -0.15) is 0 Å². The average Bonchev–Trinajstić information content (AvgIpc) is 2.80. The van der Waals surface area contributed by atoms with Gasteiger partial charge in [0.05, 0.1) is 0 Å². The molecule has 190 valence electrons. The highest BCUT2D eigenvalue weighted by atomic mass is 19.1.